The van der Waals surface area contributed by atoms with Crippen LogP contribution < -0.4 is 4.74 Å². The second-order valence-electron chi connectivity index (χ2n) is 4.61. The molecule has 0 aromatic heterocycles. The molecule has 0 saturated carbocycles. The van der Waals surface area contributed by atoms with E-state index in [1.165, 1.54) is 24.3 Å². The van der Waals surface area contributed by atoms with Gasteiger partial charge >= 0.3 is 0 Å². The number of rotatable bonds is 1. The molecular formula is C17H18FNO3. The Morgan fingerprint density at radius 2 is 1.68 bits per heavy atom. The highest BCUT2D eigenvalue weighted by molar-refractivity contribution is 6.07. The zero-order valence-electron chi connectivity index (χ0n) is 12.5. The lowest BCUT2D eigenvalue weighted by Crippen LogP contribution is -2.26. The van der Waals surface area contributed by atoms with Gasteiger partial charge in [0.2, 0.25) is 0 Å². The number of nitrogens with zero attached hydrogens (tertiary/aromatic N) is 1. The molecule has 1 aliphatic heterocycles. The molecule has 116 valence electrons. The summed E-state index contributed by atoms with van der Waals surface area (Å²) in [6.07, 6.45) is 0. The van der Waals surface area contributed by atoms with Crippen molar-refractivity contribution in [2.24, 2.45) is 5.21 Å². The van der Waals surface area contributed by atoms with Crippen molar-refractivity contribution in [2.45, 2.75) is 19.8 Å². The zero-order chi connectivity index (χ0) is 16.1. The zero-order valence-corrected chi connectivity index (χ0v) is 12.5. The number of hydrogen-bond acceptors (Lipinski definition) is 4. The fraction of sp³-hybridized carbons (Fsp3) is 0.235. The van der Waals surface area contributed by atoms with Crippen LogP contribution in [0.5, 0.6) is 17.2 Å². The average molecular weight is 303 g/mol. The lowest BCUT2D eigenvalue weighted by atomic mass is 9.88. The van der Waals surface area contributed by atoms with E-state index in [-0.39, 0.29) is 29.7 Å². The molecule has 22 heavy (non-hydrogen) atoms. The van der Waals surface area contributed by atoms with Gasteiger partial charge in [0.25, 0.3) is 0 Å². The number of ether oxygens (including phenoxy) is 1. The van der Waals surface area contributed by atoms with Gasteiger partial charge in [-0.15, -0.1) is 0 Å². The van der Waals surface area contributed by atoms with E-state index in [0.717, 1.165) is 5.56 Å². The molecule has 1 atom stereocenters. The molecule has 0 amide bonds. The van der Waals surface area contributed by atoms with Crippen LogP contribution in [0.25, 0.3) is 0 Å². The summed E-state index contributed by atoms with van der Waals surface area (Å²) >= 11 is 0. The Balaban J connectivity index is 0.000000847. The molecule has 0 spiro atoms. The van der Waals surface area contributed by atoms with Crippen LogP contribution in [0.3, 0.4) is 0 Å². The maximum atomic E-state index is 13.1. The fourth-order valence-corrected chi connectivity index (χ4v) is 2.35. The molecular weight excluding hydrogens is 285 g/mol. The largest absolute Gasteiger partial charge is 0.508 e. The predicted octanol–water partition coefficient (Wildman–Crippen LogP) is 3.97. The molecule has 1 aliphatic rings. The molecule has 0 aliphatic carbocycles. The molecule has 1 heterocycles. The lowest BCUT2D eigenvalue weighted by molar-refractivity contribution is 0.298. The second kappa shape index (κ2) is 6.93. The van der Waals surface area contributed by atoms with Gasteiger partial charge in [0, 0.05) is 11.6 Å². The highest BCUT2D eigenvalue weighted by atomic mass is 19.2. The molecule has 2 aromatic rings. The average Bonchev–Trinajstić information content (AvgIpc) is 2.56. The maximum Gasteiger partial charge on any atom is 0.132 e. The highest BCUT2D eigenvalue weighted by Gasteiger charge is 2.29. The first-order valence-electron chi connectivity index (χ1n) is 7.13. The molecule has 2 aromatic carbocycles. The van der Waals surface area contributed by atoms with Crippen LogP contribution in [0, 0.1) is 0 Å². The topological polar surface area (TPSA) is 62.0 Å². The number of aromatic hydroxyl groups is 2. The van der Waals surface area contributed by atoms with E-state index in [1.54, 1.807) is 18.2 Å². The van der Waals surface area contributed by atoms with E-state index in [1.807, 2.05) is 13.8 Å². The second-order valence-corrected chi connectivity index (χ2v) is 4.61. The Hall–Kier alpha value is -2.56. The van der Waals surface area contributed by atoms with Crippen LogP contribution in [-0.4, -0.2) is 22.5 Å². The molecule has 2 N–H and O–H groups in total. The van der Waals surface area contributed by atoms with E-state index in [0.29, 0.717) is 11.3 Å². The van der Waals surface area contributed by atoms with Crippen LogP contribution in [-0.2, 0) is 0 Å². The lowest BCUT2D eigenvalue weighted by Gasteiger charge is -2.26. The Morgan fingerprint density at radius 3 is 2.32 bits per heavy atom. The molecule has 0 fully saturated rings. The van der Waals surface area contributed by atoms with Gasteiger partial charge in [-0.1, -0.05) is 35.7 Å². The number of halogens is 1. The smallest absolute Gasteiger partial charge is 0.132 e. The van der Waals surface area contributed by atoms with Gasteiger partial charge in [0.1, 0.15) is 23.9 Å². The number of phenols is 2. The van der Waals surface area contributed by atoms with Crippen LogP contribution >= 0.6 is 0 Å². The van der Waals surface area contributed by atoms with E-state index >= 15 is 0 Å². The van der Waals surface area contributed by atoms with Crippen LogP contribution in [0.15, 0.2) is 47.7 Å². The Bertz CT molecular complexity index is 668. The maximum absolute atomic E-state index is 13.1. The number of phenolic OH excluding ortho intramolecular Hbond substituents is 2. The molecule has 0 bridgehead atoms. The monoisotopic (exact) mass is 303 g/mol. The minimum Gasteiger partial charge on any atom is -0.508 e. The van der Waals surface area contributed by atoms with Crippen molar-refractivity contribution >= 4 is 5.71 Å². The molecule has 0 saturated heterocycles. The summed E-state index contributed by atoms with van der Waals surface area (Å²) in [5.74, 6) is 0.272. The minimum atomic E-state index is -0.349. The van der Waals surface area contributed by atoms with Crippen molar-refractivity contribution in [3.05, 3.63) is 53.6 Å². The van der Waals surface area contributed by atoms with Crippen molar-refractivity contribution in [2.75, 3.05) is 6.61 Å². The number of benzene rings is 2. The van der Waals surface area contributed by atoms with Gasteiger partial charge < -0.3 is 14.9 Å². The SMILES string of the molecule is CC.Oc1ccc(C2COc3cc(O)ccc3/C2=N\F)cc1. The van der Waals surface area contributed by atoms with Crippen LogP contribution in [0.2, 0.25) is 0 Å². The van der Waals surface area contributed by atoms with E-state index in [2.05, 4.69) is 5.21 Å². The summed E-state index contributed by atoms with van der Waals surface area (Å²) in [5.41, 5.74) is 1.59. The van der Waals surface area contributed by atoms with E-state index < -0.39 is 0 Å². The summed E-state index contributed by atoms with van der Waals surface area (Å²) in [4.78, 5) is 0. The Kier molecular flexibility index (Phi) is 4.99. The number of hydrogen-bond donors (Lipinski definition) is 2. The van der Waals surface area contributed by atoms with E-state index in [4.69, 9.17) is 4.74 Å². The molecule has 3 rings (SSSR count). The normalized spacial score (nSPS) is 18.0. The standard InChI is InChI=1S/C15H12FNO3.C2H6/c16-17-15-12-6-5-11(19)7-14(12)20-8-13(15)9-1-3-10(18)4-2-9;1-2/h1-7,13,18-19H,8H2;1-2H3/b17-15+;. The van der Waals surface area contributed by atoms with Gasteiger partial charge in [-0.05, 0) is 29.8 Å². The Morgan fingerprint density at radius 1 is 1.05 bits per heavy atom. The summed E-state index contributed by atoms with van der Waals surface area (Å²) in [6.45, 7) is 4.23. The highest BCUT2D eigenvalue weighted by Crippen LogP contribution is 2.35. The first-order valence-corrected chi connectivity index (χ1v) is 7.13. The summed E-state index contributed by atoms with van der Waals surface area (Å²) in [5, 5.41) is 21.6. The van der Waals surface area contributed by atoms with Crippen LogP contribution in [0.4, 0.5) is 4.48 Å². The third-order valence-electron chi connectivity index (χ3n) is 3.36. The fourth-order valence-electron chi connectivity index (χ4n) is 2.35. The van der Waals surface area contributed by atoms with Gasteiger partial charge in [-0.3, -0.25) is 0 Å². The van der Waals surface area contributed by atoms with Crippen molar-refractivity contribution < 1.29 is 19.4 Å². The third kappa shape index (κ3) is 3.03. The predicted molar refractivity (Wildman–Crippen MR) is 83.4 cm³/mol. The van der Waals surface area contributed by atoms with Gasteiger partial charge in [-0.2, -0.15) is 0 Å². The molecule has 4 nitrogen and oxygen atoms in total. The summed E-state index contributed by atoms with van der Waals surface area (Å²) < 4.78 is 18.7. The van der Waals surface area contributed by atoms with Crippen molar-refractivity contribution in [1.29, 1.82) is 0 Å². The summed E-state index contributed by atoms with van der Waals surface area (Å²) in [6, 6.07) is 11.0. The van der Waals surface area contributed by atoms with E-state index in [9.17, 15) is 14.7 Å². The molecule has 1 unspecified atom stereocenters. The quantitative estimate of drug-likeness (QED) is 0.838. The van der Waals surface area contributed by atoms with Gasteiger partial charge in [-0.25, -0.2) is 0 Å². The van der Waals surface area contributed by atoms with Crippen LogP contribution in [0.1, 0.15) is 30.9 Å². The van der Waals surface area contributed by atoms with Gasteiger partial charge in [0.15, 0.2) is 0 Å². The molecule has 0 radical (unpaired) electrons. The Labute approximate surface area is 128 Å². The van der Waals surface area contributed by atoms with Crippen molar-refractivity contribution in [3.8, 4) is 17.2 Å². The first-order chi connectivity index (χ1) is 10.7. The summed E-state index contributed by atoms with van der Waals surface area (Å²) in [7, 11) is 0. The van der Waals surface area contributed by atoms with Crippen molar-refractivity contribution in [3.63, 3.8) is 0 Å². The number of fused-ring (bicyclic) bond motifs is 1. The minimum absolute atomic E-state index is 0.0602. The third-order valence-corrected chi connectivity index (χ3v) is 3.36. The first kappa shape index (κ1) is 15.8. The van der Waals surface area contributed by atoms with Crippen molar-refractivity contribution in [1.82, 2.24) is 0 Å². The van der Waals surface area contributed by atoms with Gasteiger partial charge in [0.05, 0.1) is 11.6 Å². The molecule has 5 heteroatoms.